The minimum atomic E-state index is 0.837. The molecule has 0 aliphatic rings. The molecule has 136 valence electrons. The van der Waals surface area contributed by atoms with Gasteiger partial charge >= 0.3 is 0 Å². The summed E-state index contributed by atoms with van der Waals surface area (Å²) in [4.78, 5) is 9.03. The van der Waals surface area contributed by atoms with Crippen LogP contribution in [0.25, 0.3) is 0 Å². The summed E-state index contributed by atoms with van der Waals surface area (Å²) in [7, 11) is 0. The summed E-state index contributed by atoms with van der Waals surface area (Å²) in [6, 6.07) is 6.52. The molecule has 0 amide bonds. The van der Waals surface area contributed by atoms with Crippen LogP contribution in [-0.4, -0.2) is 9.97 Å². The maximum Gasteiger partial charge on any atom is 0.128 e. The molecule has 1 aromatic carbocycles. The Morgan fingerprint density at radius 1 is 0.760 bits per heavy atom. The molecule has 3 heteroatoms. The number of benzene rings is 1. The van der Waals surface area contributed by atoms with Gasteiger partial charge in [0, 0.05) is 23.8 Å². The molecule has 2 aromatic rings. The minimum absolute atomic E-state index is 0.837. The van der Waals surface area contributed by atoms with Gasteiger partial charge in [-0.2, -0.15) is 0 Å². The lowest BCUT2D eigenvalue weighted by Crippen LogP contribution is -2.00. The molecule has 1 aromatic heterocycles. The van der Waals surface area contributed by atoms with Gasteiger partial charge in [-0.1, -0.05) is 63.3 Å². The first-order valence-electron chi connectivity index (χ1n) is 9.80. The zero-order chi connectivity index (χ0) is 17.9. The van der Waals surface area contributed by atoms with E-state index in [1.165, 1.54) is 55.2 Å². The molecule has 0 radical (unpaired) electrons. The van der Waals surface area contributed by atoms with Crippen LogP contribution in [0.3, 0.4) is 0 Å². The Balaban J connectivity index is 1.84. The molecule has 0 saturated carbocycles. The molecule has 0 N–H and O–H groups in total. The molecular formula is C22H31ClN2. The van der Waals surface area contributed by atoms with Gasteiger partial charge in [-0.15, -0.1) is 0 Å². The quantitative estimate of drug-likeness (QED) is 0.435. The molecule has 0 aliphatic heterocycles. The van der Waals surface area contributed by atoms with Crippen LogP contribution in [0.5, 0.6) is 0 Å². The number of unbranched alkanes of at least 4 members (excludes halogenated alkanes) is 4. The van der Waals surface area contributed by atoms with E-state index in [1.807, 2.05) is 12.4 Å². The average molecular weight is 359 g/mol. The predicted molar refractivity (Wildman–Crippen MR) is 107 cm³/mol. The molecule has 0 bridgehead atoms. The Bertz CT molecular complexity index is 622. The molecule has 0 atom stereocenters. The molecular weight excluding hydrogens is 328 g/mol. The Labute approximate surface area is 158 Å². The predicted octanol–water partition coefficient (Wildman–Crippen LogP) is 6.38. The normalized spacial score (nSPS) is 11.0. The third-order valence-electron chi connectivity index (χ3n) is 4.63. The second kappa shape index (κ2) is 11.3. The topological polar surface area (TPSA) is 25.8 Å². The Kier molecular flexibility index (Phi) is 8.96. The SMILES string of the molecule is CCCCCc1cnc(CCc2ccc(CCCCC)cc2Cl)nc1. The van der Waals surface area contributed by atoms with E-state index in [2.05, 4.69) is 42.0 Å². The fraction of sp³-hybridized carbons (Fsp3) is 0.545. The molecule has 0 aliphatic carbocycles. The van der Waals surface area contributed by atoms with Crippen molar-refractivity contribution in [2.75, 3.05) is 0 Å². The van der Waals surface area contributed by atoms with E-state index in [0.717, 1.165) is 36.5 Å². The molecule has 2 rings (SSSR count). The van der Waals surface area contributed by atoms with E-state index in [9.17, 15) is 0 Å². The first kappa shape index (κ1) is 19.9. The van der Waals surface area contributed by atoms with Crippen molar-refractivity contribution in [2.24, 2.45) is 0 Å². The molecule has 0 saturated heterocycles. The largest absolute Gasteiger partial charge is 0.241 e. The number of rotatable bonds is 11. The standard InChI is InChI=1S/C22H31ClN2/c1-3-5-7-9-18-11-12-20(21(23)15-18)13-14-22-24-16-19(17-25-22)10-8-6-4-2/h11-12,15-17H,3-10,13-14H2,1-2H3. The third kappa shape index (κ3) is 7.15. The van der Waals surface area contributed by atoms with Gasteiger partial charge in [-0.25, -0.2) is 9.97 Å². The van der Waals surface area contributed by atoms with Crippen molar-refractivity contribution in [1.29, 1.82) is 0 Å². The Morgan fingerprint density at radius 2 is 1.40 bits per heavy atom. The van der Waals surface area contributed by atoms with E-state index in [0.29, 0.717) is 0 Å². The summed E-state index contributed by atoms with van der Waals surface area (Å²) in [5.74, 6) is 0.905. The number of hydrogen-bond donors (Lipinski definition) is 0. The van der Waals surface area contributed by atoms with Crippen molar-refractivity contribution >= 4 is 11.6 Å². The third-order valence-corrected chi connectivity index (χ3v) is 4.98. The van der Waals surface area contributed by atoms with Gasteiger partial charge in [0.05, 0.1) is 0 Å². The highest BCUT2D eigenvalue weighted by Gasteiger charge is 2.05. The second-order valence-corrected chi connectivity index (χ2v) is 7.25. The molecule has 2 nitrogen and oxygen atoms in total. The highest BCUT2D eigenvalue weighted by Crippen LogP contribution is 2.21. The fourth-order valence-corrected chi connectivity index (χ4v) is 3.29. The van der Waals surface area contributed by atoms with Gasteiger partial charge in [-0.3, -0.25) is 0 Å². The second-order valence-electron chi connectivity index (χ2n) is 6.85. The van der Waals surface area contributed by atoms with E-state index >= 15 is 0 Å². The van der Waals surface area contributed by atoms with Crippen LogP contribution in [-0.2, 0) is 25.7 Å². The number of hydrogen-bond acceptors (Lipinski definition) is 2. The lowest BCUT2D eigenvalue weighted by molar-refractivity contribution is 0.711. The summed E-state index contributed by atoms with van der Waals surface area (Å²) in [6.07, 6.45) is 15.4. The van der Waals surface area contributed by atoms with E-state index in [1.54, 1.807) is 0 Å². The van der Waals surface area contributed by atoms with Crippen LogP contribution in [0, 0.1) is 0 Å². The van der Waals surface area contributed by atoms with Gasteiger partial charge < -0.3 is 0 Å². The van der Waals surface area contributed by atoms with E-state index in [-0.39, 0.29) is 0 Å². The van der Waals surface area contributed by atoms with Crippen molar-refractivity contribution in [3.05, 3.63) is 58.1 Å². The van der Waals surface area contributed by atoms with Crippen LogP contribution in [0.2, 0.25) is 5.02 Å². The van der Waals surface area contributed by atoms with E-state index in [4.69, 9.17) is 11.6 Å². The highest BCUT2D eigenvalue weighted by molar-refractivity contribution is 6.31. The number of aryl methyl sites for hydroxylation is 4. The fourth-order valence-electron chi connectivity index (χ4n) is 2.99. The zero-order valence-electron chi connectivity index (χ0n) is 15.7. The summed E-state index contributed by atoms with van der Waals surface area (Å²) in [5, 5.41) is 0.880. The molecule has 25 heavy (non-hydrogen) atoms. The number of aromatic nitrogens is 2. The maximum atomic E-state index is 6.46. The van der Waals surface area contributed by atoms with Gasteiger partial charge in [0.15, 0.2) is 0 Å². The average Bonchev–Trinajstić information content (AvgIpc) is 2.62. The van der Waals surface area contributed by atoms with Crippen molar-refractivity contribution < 1.29 is 0 Å². The van der Waals surface area contributed by atoms with Crippen LogP contribution in [0.4, 0.5) is 0 Å². The Hall–Kier alpha value is -1.41. The van der Waals surface area contributed by atoms with Gasteiger partial charge in [-0.05, 0) is 54.9 Å². The van der Waals surface area contributed by atoms with Crippen LogP contribution in [0.1, 0.15) is 74.9 Å². The minimum Gasteiger partial charge on any atom is -0.241 e. The van der Waals surface area contributed by atoms with Crippen LogP contribution < -0.4 is 0 Å². The van der Waals surface area contributed by atoms with Gasteiger partial charge in [0.25, 0.3) is 0 Å². The van der Waals surface area contributed by atoms with Crippen LogP contribution >= 0.6 is 11.6 Å². The van der Waals surface area contributed by atoms with Crippen molar-refractivity contribution in [3.8, 4) is 0 Å². The van der Waals surface area contributed by atoms with Gasteiger partial charge in [0.1, 0.15) is 5.82 Å². The number of nitrogens with zero attached hydrogens (tertiary/aromatic N) is 2. The molecule has 1 heterocycles. The lowest BCUT2D eigenvalue weighted by Gasteiger charge is -2.07. The summed E-state index contributed by atoms with van der Waals surface area (Å²) < 4.78 is 0. The molecule has 0 spiro atoms. The van der Waals surface area contributed by atoms with Crippen molar-refractivity contribution in [1.82, 2.24) is 9.97 Å². The highest BCUT2D eigenvalue weighted by atomic mass is 35.5. The lowest BCUT2D eigenvalue weighted by atomic mass is 10.0. The first-order valence-corrected chi connectivity index (χ1v) is 10.2. The van der Waals surface area contributed by atoms with Gasteiger partial charge in [0.2, 0.25) is 0 Å². The zero-order valence-corrected chi connectivity index (χ0v) is 16.5. The maximum absolute atomic E-state index is 6.46. The molecule has 0 unspecified atom stereocenters. The molecule has 0 fully saturated rings. The first-order chi connectivity index (χ1) is 12.2. The van der Waals surface area contributed by atoms with Crippen LogP contribution in [0.15, 0.2) is 30.6 Å². The van der Waals surface area contributed by atoms with Crippen molar-refractivity contribution in [3.63, 3.8) is 0 Å². The smallest absolute Gasteiger partial charge is 0.128 e. The summed E-state index contributed by atoms with van der Waals surface area (Å²) >= 11 is 6.46. The monoisotopic (exact) mass is 358 g/mol. The summed E-state index contributed by atoms with van der Waals surface area (Å²) in [5.41, 5.74) is 3.78. The van der Waals surface area contributed by atoms with Crippen molar-refractivity contribution in [2.45, 2.75) is 78.1 Å². The summed E-state index contributed by atoms with van der Waals surface area (Å²) in [6.45, 7) is 4.46. The Morgan fingerprint density at radius 3 is 2.00 bits per heavy atom. The van der Waals surface area contributed by atoms with E-state index < -0.39 is 0 Å². The number of halogens is 1.